The van der Waals surface area contributed by atoms with Gasteiger partial charge in [-0.25, -0.2) is 0 Å². The molecule has 0 saturated carbocycles. The highest BCUT2D eigenvalue weighted by molar-refractivity contribution is 4.97. The number of rotatable bonds is 15. The smallest absolute Gasteiger partial charge is 0.181 e. The topological polar surface area (TPSA) is 3.88 Å². The van der Waals surface area contributed by atoms with E-state index in [0.717, 1.165) is 6.54 Å². The fraction of sp³-hybridized carbons (Fsp3) is 0.682. The van der Waals surface area contributed by atoms with E-state index in [0.29, 0.717) is 0 Å². The fourth-order valence-corrected chi connectivity index (χ4v) is 3.20. The highest BCUT2D eigenvalue weighted by atomic mass is 79.9. The Morgan fingerprint density at radius 2 is 1.38 bits per heavy atom. The van der Waals surface area contributed by atoms with Crippen LogP contribution in [0.4, 0.5) is 0 Å². The van der Waals surface area contributed by atoms with Crippen LogP contribution in [0.1, 0.15) is 89.7 Å². The molecule has 0 atom stereocenters. The molecule has 0 amide bonds. The summed E-state index contributed by atoms with van der Waals surface area (Å²) in [5.41, 5.74) is 1.44. The van der Waals surface area contributed by atoms with Gasteiger partial charge in [0.05, 0.1) is 0 Å². The third-order valence-electron chi connectivity index (χ3n) is 4.65. The van der Waals surface area contributed by atoms with Gasteiger partial charge in [-0.15, -0.1) is 0 Å². The predicted octanol–water partition coefficient (Wildman–Crippen LogP) is 3.41. The predicted molar refractivity (Wildman–Crippen MR) is 102 cm³/mol. The number of nitrogens with zero attached hydrogens (tertiary/aromatic N) is 1. The summed E-state index contributed by atoms with van der Waals surface area (Å²) in [5.74, 6) is 0. The zero-order valence-electron chi connectivity index (χ0n) is 15.8. The Bertz CT molecular complexity index is 403. The maximum absolute atomic E-state index is 3.84. The van der Waals surface area contributed by atoms with Gasteiger partial charge in [-0.3, -0.25) is 0 Å². The first-order valence-corrected chi connectivity index (χ1v) is 9.96. The molecule has 0 unspecified atom stereocenters. The molecule has 1 nitrogen and oxygen atoms in total. The van der Waals surface area contributed by atoms with Crippen LogP contribution in [0.15, 0.2) is 37.1 Å². The van der Waals surface area contributed by atoms with E-state index in [1.807, 2.05) is 6.08 Å². The summed E-state index contributed by atoms with van der Waals surface area (Å²) in [6.45, 7) is 7.06. The van der Waals surface area contributed by atoms with Crippen LogP contribution in [0.25, 0.3) is 0 Å². The Labute approximate surface area is 161 Å². The standard InChI is InChI=1S/C22H38N.BrH/c1-3-5-6-7-8-9-10-11-12-13-14-15-18-22-19-16-17-21-23(22)20-4-2;/h4,16-17,19,21H,2-3,5-15,18,20H2,1H3;1H/q+1;/p-1. The van der Waals surface area contributed by atoms with E-state index < -0.39 is 0 Å². The molecule has 0 radical (unpaired) electrons. The molecule has 0 aromatic carbocycles. The molecule has 138 valence electrons. The van der Waals surface area contributed by atoms with Gasteiger partial charge in [0.25, 0.3) is 0 Å². The number of allylic oxidation sites excluding steroid dienone is 1. The largest absolute Gasteiger partial charge is 1.00 e. The molecule has 0 spiro atoms. The van der Waals surface area contributed by atoms with Gasteiger partial charge in [-0.1, -0.05) is 90.2 Å². The molecule has 0 fully saturated rings. The molecular weight excluding hydrogens is 358 g/mol. The second-order valence-corrected chi connectivity index (χ2v) is 6.77. The van der Waals surface area contributed by atoms with Crippen molar-refractivity contribution in [3.05, 3.63) is 42.7 Å². The molecule has 0 saturated heterocycles. The second kappa shape index (κ2) is 17.2. The van der Waals surface area contributed by atoms with Crippen molar-refractivity contribution in [2.45, 2.75) is 96.9 Å². The van der Waals surface area contributed by atoms with Crippen LogP contribution in [0, 0.1) is 0 Å². The zero-order valence-corrected chi connectivity index (χ0v) is 17.4. The molecule has 24 heavy (non-hydrogen) atoms. The Morgan fingerprint density at radius 1 is 0.833 bits per heavy atom. The number of aryl methyl sites for hydroxylation is 1. The third-order valence-corrected chi connectivity index (χ3v) is 4.65. The quantitative estimate of drug-likeness (QED) is 0.243. The lowest BCUT2D eigenvalue weighted by molar-refractivity contribution is -0.694. The summed E-state index contributed by atoms with van der Waals surface area (Å²) in [5, 5.41) is 0. The first-order chi connectivity index (χ1) is 11.4. The van der Waals surface area contributed by atoms with Gasteiger partial charge in [0.2, 0.25) is 0 Å². The van der Waals surface area contributed by atoms with Gasteiger partial charge in [0.1, 0.15) is 0 Å². The average molecular weight is 396 g/mol. The lowest BCUT2D eigenvalue weighted by Crippen LogP contribution is -3.00. The lowest BCUT2D eigenvalue weighted by atomic mass is 10.0. The SMILES string of the molecule is C=CC[n+]1ccccc1CCCCCCCCCCCCCC.[Br-]. The minimum absolute atomic E-state index is 0. The molecular formula is C22H38BrN. The number of hydrogen-bond acceptors (Lipinski definition) is 0. The zero-order chi connectivity index (χ0) is 16.6. The van der Waals surface area contributed by atoms with Gasteiger partial charge < -0.3 is 17.0 Å². The summed E-state index contributed by atoms with van der Waals surface area (Å²) < 4.78 is 2.31. The third kappa shape index (κ3) is 11.8. The Morgan fingerprint density at radius 3 is 1.92 bits per heavy atom. The maximum atomic E-state index is 3.84. The molecule has 0 aliphatic heterocycles. The van der Waals surface area contributed by atoms with E-state index >= 15 is 0 Å². The molecule has 0 bridgehead atoms. The Kier molecular flexibility index (Phi) is 16.7. The molecule has 0 aliphatic rings. The van der Waals surface area contributed by atoms with E-state index in [4.69, 9.17) is 0 Å². The molecule has 2 heteroatoms. The van der Waals surface area contributed by atoms with Gasteiger partial charge in [0, 0.05) is 18.6 Å². The number of hydrogen-bond donors (Lipinski definition) is 0. The van der Waals surface area contributed by atoms with Crippen molar-refractivity contribution in [3.63, 3.8) is 0 Å². The first kappa shape index (κ1) is 23.4. The fourth-order valence-electron chi connectivity index (χ4n) is 3.20. The highest BCUT2D eigenvalue weighted by Gasteiger charge is 2.06. The Balaban J connectivity index is 0.00000529. The minimum atomic E-state index is 0. The van der Waals surface area contributed by atoms with Crippen molar-refractivity contribution in [3.8, 4) is 0 Å². The van der Waals surface area contributed by atoms with E-state index in [1.165, 1.54) is 89.2 Å². The minimum Gasteiger partial charge on any atom is -1.00 e. The van der Waals surface area contributed by atoms with Crippen LogP contribution in [-0.4, -0.2) is 0 Å². The summed E-state index contributed by atoms with van der Waals surface area (Å²) in [7, 11) is 0. The molecule has 1 aromatic heterocycles. The molecule has 1 heterocycles. The van der Waals surface area contributed by atoms with E-state index in [-0.39, 0.29) is 17.0 Å². The molecule has 0 N–H and O–H groups in total. The van der Waals surface area contributed by atoms with Crippen molar-refractivity contribution in [2.24, 2.45) is 0 Å². The van der Waals surface area contributed by atoms with E-state index in [1.54, 1.807) is 0 Å². The van der Waals surface area contributed by atoms with Crippen LogP contribution in [0.3, 0.4) is 0 Å². The average Bonchev–Trinajstić information content (AvgIpc) is 2.57. The summed E-state index contributed by atoms with van der Waals surface area (Å²) in [4.78, 5) is 0. The summed E-state index contributed by atoms with van der Waals surface area (Å²) in [6, 6.07) is 6.51. The monoisotopic (exact) mass is 395 g/mol. The summed E-state index contributed by atoms with van der Waals surface area (Å²) in [6.07, 6.45) is 22.3. The maximum Gasteiger partial charge on any atom is 0.181 e. The molecule has 1 rings (SSSR count). The van der Waals surface area contributed by atoms with Crippen molar-refractivity contribution >= 4 is 0 Å². The van der Waals surface area contributed by atoms with Gasteiger partial charge >= 0.3 is 0 Å². The van der Waals surface area contributed by atoms with Crippen molar-refractivity contribution in [1.29, 1.82) is 0 Å². The van der Waals surface area contributed by atoms with Gasteiger partial charge in [0.15, 0.2) is 18.4 Å². The van der Waals surface area contributed by atoms with Crippen LogP contribution in [0.2, 0.25) is 0 Å². The number of unbranched alkanes of at least 4 members (excludes halogenated alkanes) is 11. The first-order valence-electron chi connectivity index (χ1n) is 9.96. The van der Waals surface area contributed by atoms with Gasteiger partial charge in [-0.2, -0.15) is 4.57 Å². The van der Waals surface area contributed by atoms with Crippen LogP contribution >= 0.6 is 0 Å². The van der Waals surface area contributed by atoms with Crippen LogP contribution < -0.4 is 21.5 Å². The Hall–Kier alpha value is -0.630. The van der Waals surface area contributed by atoms with Crippen molar-refractivity contribution < 1.29 is 21.5 Å². The van der Waals surface area contributed by atoms with Crippen molar-refractivity contribution in [2.75, 3.05) is 0 Å². The number of pyridine rings is 1. The van der Waals surface area contributed by atoms with E-state index in [2.05, 4.69) is 42.5 Å². The molecule has 1 aromatic rings. The number of halogens is 1. The van der Waals surface area contributed by atoms with Crippen LogP contribution in [-0.2, 0) is 13.0 Å². The van der Waals surface area contributed by atoms with Crippen molar-refractivity contribution in [1.82, 2.24) is 0 Å². The highest BCUT2D eigenvalue weighted by Crippen LogP contribution is 2.12. The normalized spacial score (nSPS) is 10.4. The summed E-state index contributed by atoms with van der Waals surface area (Å²) >= 11 is 0. The number of aromatic nitrogens is 1. The van der Waals surface area contributed by atoms with E-state index in [9.17, 15) is 0 Å². The van der Waals surface area contributed by atoms with Gasteiger partial charge in [-0.05, 0) is 12.5 Å². The lowest BCUT2D eigenvalue weighted by Gasteiger charge is -2.03. The van der Waals surface area contributed by atoms with Crippen LogP contribution in [0.5, 0.6) is 0 Å². The second-order valence-electron chi connectivity index (χ2n) is 6.77. The molecule has 0 aliphatic carbocycles.